The average molecular weight is 449 g/mol. The van der Waals surface area contributed by atoms with Gasteiger partial charge in [0.25, 0.3) is 5.91 Å². The predicted octanol–water partition coefficient (Wildman–Crippen LogP) is 3.06. The Morgan fingerprint density at radius 3 is 2.50 bits per heavy atom. The van der Waals surface area contributed by atoms with E-state index in [2.05, 4.69) is 15.4 Å². The molecule has 164 valence electrons. The van der Waals surface area contributed by atoms with Crippen LogP contribution in [0, 0.1) is 0 Å². The first-order valence-electron chi connectivity index (χ1n) is 10.5. The fraction of sp³-hybridized carbons (Fsp3) is 0.208. The van der Waals surface area contributed by atoms with E-state index in [4.69, 9.17) is 0 Å². The summed E-state index contributed by atoms with van der Waals surface area (Å²) in [5, 5.41) is 6.56. The summed E-state index contributed by atoms with van der Waals surface area (Å²) in [6.07, 6.45) is 10.0. The van der Waals surface area contributed by atoms with Gasteiger partial charge in [-0.05, 0) is 36.6 Å². The summed E-state index contributed by atoms with van der Waals surface area (Å²) in [6.45, 7) is 0. The second kappa shape index (κ2) is 7.56. The molecule has 2 aliphatic heterocycles. The molecule has 32 heavy (non-hydrogen) atoms. The normalized spacial score (nSPS) is 20.5. The summed E-state index contributed by atoms with van der Waals surface area (Å²) in [5.74, 6) is -0.178. The summed E-state index contributed by atoms with van der Waals surface area (Å²) in [6, 6.07) is 17.2. The molecule has 0 saturated heterocycles. The van der Waals surface area contributed by atoms with Crippen molar-refractivity contribution >= 4 is 21.6 Å². The van der Waals surface area contributed by atoms with Crippen LogP contribution in [0.1, 0.15) is 30.1 Å². The van der Waals surface area contributed by atoms with Crippen LogP contribution in [-0.4, -0.2) is 25.5 Å². The highest BCUT2D eigenvalue weighted by molar-refractivity contribution is 7.92. The number of amides is 1. The van der Waals surface area contributed by atoms with Crippen molar-refractivity contribution in [3.8, 4) is 0 Å². The highest BCUT2D eigenvalue weighted by Gasteiger charge is 2.47. The third kappa shape index (κ3) is 3.78. The van der Waals surface area contributed by atoms with Gasteiger partial charge in [-0.25, -0.2) is 8.42 Å². The zero-order valence-corrected chi connectivity index (χ0v) is 18.4. The van der Waals surface area contributed by atoms with Gasteiger partial charge in [0.1, 0.15) is 11.9 Å². The third-order valence-corrected chi connectivity index (χ3v) is 6.50. The Kier molecular flexibility index (Phi) is 4.82. The van der Waals surface area contributed by atoms with Gasteiger partial charge in [0.2, 0.25) is 10.0 Å². The number of benzene rings is 2. The van der Waals surface area contributed by atoms with Crippen LogP contribution in [0.4, 0.5) is 5.69 Å². The molecule has 0 spiro atoms. The Morgan fingerprint density at radius 1 is 1.06 bits per heavy atom. The van der Waals surface area contributed by atoms with E-state index in [0.717, 1.165) is 35.9 Å². The topological polar surface area (TPSA) is 90.5 Å². The molecule has 0 bridgehead atoms. The maximum Gasteiger partial charge on any atom is 0.270 e. The van der Waals surface area contributed by atoms with Crippen molar-refractivity contribution in [2.75, 3.05) is 11.0 Å². The average Bonchev–Trinajstić information content (AvgIpc) is 3.45. The highest BCUT2D eigenvalue weighted by atomic mass is 32.2. The molecule has 5 rings (SSSR count). The SMILES string of the molecule is CS(=O)(=O)Nc1ccccc1C1NC(C(=O)NC2(c3ccccc3)CC2)=C2C=CC=CN21. The number of fused-ring (bicyclic) bond motifs is 1. The van der Waals surface area contributed by atoms with Crippen LogP contribution >= 0.6 is 0 Å². The minimum atomic E-state index is -3.46. The minimum absolute atomic E-state index is 0.178. The molecular weight excluding hydrogens is 424 g/mol. The Hall–Kier alpha value is -3.52. The van der Waals surface area contributed by atoms with Crippen molar-refractivity contribution in [1.82, 2.24) is 15.5 Å². The number of carbonyl (C=O) groups is 1. The van der Waals surface area contributed by atoms with Crippen molar-refractivity contribution in [3.63, 3.8) is 0 Å². The molecule has 1 aliphatic carbocycles. The van der Waals surface area contributed by atoms with E-state index in [9.17, 15) is 13.2 Å². The lowest BCUT2D eigenvalue weighted by Crippen LogP contribution is -2.39. The number of rotatable bonds is 6. The van der Waals surface area contributed by atoms with Crippen molar-refractivity contribution in [3.05, 3.63) is 102 Å². The molecule has 1 unspecified atom stereocenters. The van der Waals surface area contributed by atoms with E-state index in [1.807, 2.05) is 71.8 Å². The smallest absolute Gasteiger partial charge is 0.270 e. The molecule has 1 saturated carbocycles. The van der Waals surface area contributed by atoms with E-state index in [0.29, 0.717) is 11.4 Å². The Morgan fingerprint density at radius 2 is 1.78 bits per heavy atom. The molecule has 3 aliphatic rings. The first-order chi connectivity index (χ1) is 15.4. The van der Waals surface area contributed by atoms with E-state index < -0.39 is 16.2 Å². The number of para-hydroxylation sites is 1. The number of hydrogen-bond donors (Lipinski definition) is 3. The van der Waals surface area contributed by atoms with E-state index in [1.165, 1.54) is 0 Å². The van der Waals surface area contributed by atoms with Gasteiger partial charge in [0.05, 0.1) is 23.2 Å². The van der Waals surface area contributed by atoms with Gasteiger partial charge in [0.15, 0.2) is 0 Å². The number of allylic oxidation sites excluding steroid dienone is 3. The van der Waals surface area contributed by atoms with E-state index >= 15 is 0 Å². The number of sulfonamides is 1. The largest absolute Gasteiger partial charge is 0.355 e. The number of anilines is 1. The van der Waals surface area contributed by atoms with Crippen molar-refractivity contribution < 1.29 is 13.2 Å². The van der Waals surface area contributed by atoms with Crippen LogP contribution in [0.15, 0.2) is 90.4 Å². The number of carbonyl (C=O) groups excluding carboxylic acids is 1. The molecule has 2 heterocycles. The van der Waals surface area contributed by atoms with E-state index in [-0.39, 0.29) is 11.4 Å². The van der Waals surface area contributed by atoms with Gasteiger partial charge >= 0.3 is 0 Å². The molecular formula is C24H24N4O3S. The molecule has 1 amide bonds. The number of nitrogens with one attached hydrogen (secondary N) is 3. The van der Waals surface area contributed by atoms with Crippen molar-refractivity contribution in [2.45, 2.75) is 24.5 Å². The van der Waals surface area contributed by atoms with Crippen molar-refractivity contribution in [2.24, 2.45) is 0 Å². The standard InChI is InChI=1S/C24H24N4O3S/c1-32(30,31)27-19-12-6-5-11-18(19)22-25-21(20-13-7-8-16-28(20)22)23(29)26-24(14-15-24)17-9-3-2-4-10-17/h2-13,16,22,25,27H,14-15H2,1H3,(H,26,29). The van der Waals surface area contributed by atoms with Gasteiger partial charge in [0, 0.05) is 11.8 Å². The molecule has 1 fully saturated rings. The number of hydrogen-bond acceptors (Lipinski definition) is 5. The van der Waals surface area contributed by atoms with Gasteiger partial charge in [-0.2, -0.15) is 0 Å². The Balaban J connectivity index is 1.45. The first-order valence-corrected chi connectivity index (χ1v) is 12.3. The van der Waals surface area contributed by atoms with Crippen molar-refractivity contribution in [1.29, 1.82) is 0 Å². The summed E-state index contributed by atoms with van der Waals surface area (Å²) >= 11 is 0. The predicted molar refractivity (Wildman–Crippen MR) is 123 cm³/mol. The molecule has 8 heteroatoms. The van der Waals surface area contributed by atoms with E-state index in [1.54, 1.807) is 12.1 Å². The lowest BCUT2D eigenvalue weighted by molar-refractivity contribution is -0.118. The van der Waals surface area contributed by atoms with Gasteiger partial charge in [-0.15, -0.1) is 0 Å². The quantitative estimate of drug-likeness (QED) is 0.632. The highest BCUT2D eigenvalue weighted by Crippen LogP contribution is 2.46. The molecule has 2 aromatic rings. The summed E-state index contributed by atoms with van der Waals surface area (Å²) < 4.78 is 26.3. The van der Waals surface area contributed by atoms with Gasteiger partial charge in [-0.3, -0.25) is 9.52 Å². The van der Waals surface area contributed by atoms with Gasteiger partial charge < -0.3 is 15.5 Å². The lowest BCUT2D eigenvalue weighted by Gasteiger charge is -2.27. The van der Waals surface area contributed by atoms with Crippen LogP contribution in [0.5, 0.6) is 0 Å². The zero-order valence-electron chi connectivity index (χ0n) is 17.6. The summed E-state index contributed by atoms with van der Waals surface area (Å²) in [4.78, 5) is 15.3. The Labute approximate surface area is 187 Å². The summed E-state index contributed by atoms with van der Waals surface area (Å²) in [5.41, 5.74) is 3.18. The maximum atomic E-state index is 13.4. The molecule has 0 radical (unpaired) electrons. The second-order valence-corrected chi connectivity index (χ2v) is 10.0. The van der Waals surface area contributed by atoms with Crippen LogP contribution in [-0.2, 0) is 20.4 Å². The first kappa shape index (κ1) is 20.4. The molecule has 0 aromatic heterocycles. The molecule has 7 nitrogen and oxygen atoms in total. The Bertz CT molecular complexity index is 1260. The fourth-order valence-corrected chi connectivity index (χ4v) is 4.84. The summed E-state index contributed by atoms with van der Waals surface area (Å²) in [7, 11) is -3.46. The molecule has 2 aromatic carbocycles. The second-order valence-electron chi connectivity index (χ2n) is 8.28. The number of nitrogens with zero attached hydrogens (tertiary/aromatic N) is 1. The monoisotopic (exact) mass is 448 g/mol. The fourth-order valence-electron chi connectivity index (χ4n) is 4.26. The molecule has 1 atom stereocenters. The van der Waals surface area contributed by atoms with Crippen LogP contribution in [0.2, 0.25) is 0 Å². The van der Waals surface area contributed by atoms with Crippen LogP contribution in [0.3, 0.4) is 0 Å². The molecule has 3 N–H and O–H groups in total. The maximum absolute atomic E-state index is 13.4. The lowest BCUT2D eigenvalue weighted by atomic mass is 10.0. The van der Waals surface area contributed by atoms with Crippen LogP contribution in [0.25, 0.3) is 0 Å². The minimum Gasteiger partial charge on any atom is -0.355 e. The van der Waals surface area contributed by atoms with Crippen LogP contribution < -0.4 is 15.4 Å². The third-order valence-electron chi connectivity index (χ3n) is 5.91. The van der Waals surface area contributed by atoms with Gasteiger partial charge in [-0.1, -0.05) is 54.6 Å². The zero-order chi connectivity index (χ0) is 22.3.